The van der Waals surface area contributed by atoms with Crippen molar-refractivity contribution in [2.75, 3.05) is 20.3 Å². The molecule has 3 nitrogen and oxygen atoms in total. The van der Waals surface area contributed by atoms with E-state index in [0.717, 1.165) is 12.8 Å². The number of carbonyl (C=O) groups excluding carboxylic acids is 1. The van der Waals surface area contributed by atoms with E-state index in [-0.39, 0.29) is 5.97 Å². The standard InChI is InChI=1S/C9H16O3/c1-3-7-12-8-5-4-6-9(10)11-2/h3H,1,4-8H2,2H3. The number of ether oxygens (including phenoxy) is 2. The minimum atomic E-state index is -0.154. The molecule has 0 spiro atoms. The molecule has 70 valence electrons. The summed E-state index contributed by atoms with van der Waals surface area (Å²) in [6, 6.07) is 0. The lowest BCUT2D eigenvalue weighted by Crippen LogP contribution is -2.01. The van der Waals surface area contributed by atoms with Gasteiger partial charge in [0.1, 0.15) is 0 Å². The van der Waals surface area contributed by atoms with Crippen LogP contribution in [0, 0.1) is 0 Å². The summed E-state index contributed by atoms with van der Waals surface area (Å²) in [5.41, 5.74) is 0. The Kier molecular flexibility index (Phi) is 7.70. The van der Waals surface area contributed by atoms with Gasteiger partial charge in [-0.2, -0.15) is 0 Å². The zero-order valence-corrected chi connectivity index (χ0v) is 7.54. The van der Waals surface area contributed by atoms with E-state index in [1.54, 1.807) is 6.08 Å². The first-order chi connectivity index (χ1) is 5.81. The van der Waals surface area contributed by atoms with Crippen molar-refractivity contribution >= 4 is 5.97 Å². The summed E-state index contributed by atoms with van der Waals surface area (Å²) in [5, 5.41) is 0. The summed E-state index contributed by atoms with van der Waals surface area (Å²) < 4.78 is 9.61. The summed E-state index contributed by atoms with van der Waals surface area (Å²) in [7, 11) is 1.40. The molecule has 0 amide bonds. The van der Waals surface area contributed by atoms with Gasteiger partial charge >= 0.3 is 5.97 Å². The van der Waals surface area contributed by atoms with Crippen LogP contribution in [0.2, 0.25) is 0 Å². The topological polar surface area (TPSA) is 35.5 Å². The van der Waals surface area contributed by atoms with Crippen molar-refractivity contribution in [2.45, 2.75) is 19.3 Å². The van der Waals surface area contributed by atoms with Crippen LogP contribution in [0.25, 0.3) is 0 Å². The van der Waals surface area contributed by atoms with Crippen molar-refractivity contribution in [3.63, 3.8) is 0 Å². The molecule has 12 heavy (non-hydrogen) atoms. The van der Waals surface area contributed by atoms with Crippen LogP contribution >= 0.6 is 0 Å². The van der Waals surface area contributed by atoms with Crippen molar-refractivity contribution in [1.29, 1.82) is 0 Å². The number of carbonyl (C=O) groups is 1. The van der Waals surface area contributed by atoms with Gasteiger partial charge in [-0.05, 0) is 12.8 Å². The molecule has 0 atom stereocenters. The normalized spacial score (nSPS) is 9.42. The molecule has 0 aromatic rings. The summed E-state index contributed by atoms with van der Waals surface area (Å²) in [5.74, 6) is -0.154. The first-order valence-corrected chi connectivity index (χ1v) is 4.06. The molecule has 3 heteroatoms. The largest absolute Gasteiger partial charge is 0.469 e. The van der Waals surface area contributed by atoms with Crippen LogP contribution in [-0.2, 0) is 14.3 Å². The van der Waals surface area contributed by atoms with E-state index >= 15 is 0 Å². The Balaban J connectivity index is 3.00. The van der Waals surface area contributed by atoms with Gasteiger partial charge in [-0.15, -0.1) is 6.58 Å². The van der Waals surface area contributed by atoms with Crippen LogP contribution in [0.5, 0.6) is 0 Å². The van der Waals surface area contributed by atoms with Gasteiger partial charge in [-0.25, -0.2) is 0 Å². The average molecular weight is 172 g/mol. The number of rotatable bonds is 7. The maximum Gasteiger partial charge on any atom is 0.305 e. The summed E-state index contributed by atoms with van der Waals surface area (Å²) in [6.45, 7) is 4.79. The molecule has 0 N–H and O–H groups in total. The third kappa shape index (κ3) is 7.28. The number of hydrogen-bond acceptors (Lipinski definition) is 3. The third-order valence-corrected chi connectivity index (χ3v) is 1.38. The number of esters is 1. The number of methoxy groups -OCH3 is 1. The Morgan fingerprint density at radius 3 is 2.83 bits per heavy atom. The molecule has 0 aromatic carbocycles. The van der Waals surface area contributed by atoms with Gasteiger partial charge in [0.25, 0.3) is 0 Å². The predicted octanol–water partition coefficient (Wildman–Crippen LogP) is 1.53. The fourth-order valence-electron chi connectivity index (χ4n) is 0.742. The van der Waals surface area contributed by atoms with Crippen LogP contribution < -0.4 is 0 Å². The molecule has 0 aliphatic rings. The molecule has 0 fully saturated rings. The summed E-state index contributed by atoms with van der Waals surface area (Å²) in [4.78, 5) is 10.6. The average Bonchev–Trinajstić information content (AvgIpc) is 2.10. The zero-order valence-electron chi connectivity index (χ0n) is 7.54. The van der Waals surface area contributed by atoms with Crippen LogP contribution in [0.3, 0.4) is 0 Å². The highest BCUT2D eigenvalue weighted by Gasteiger charge is 1.98. The minimum Gasteiger partial charge on any atom is -0.469 e. The fourth-order valence-corrected chi connectivity index (χ4v) is 0.742. The van der Waals surface area contributed by atoms with Crippen molar-refractivity contribution in [1.82, 2.24) is 0 Å². The van der Waals surface area contributed by atoms with Gasteiger partial charge in [-0.1, -0.05) is 6.08 Å². The molecule has 0 saturated carbocycles. The Morgan fingerprint density at radius 2 is 2.25 bits per heavy atom. The molecule has 0 unspecified atom stereocenters. The van der Waals surface area contributed by atoms with Crippen LogP contribution in [0.4, 0.5) is 0 Å². The van der Waals surface area contributed by atoms with Crippen molar-refractivity contribution in [3.8, 4) is 0 Å². The molecule has 0 saturated heterocycles. The molecular weight excluding hydrogens is 156 g/mol. The molecule has 0 bridgehead atoms. The number of unbranched alkanes of at least 4 members (excludes halogenated alkanes) is 1. The lowest BCUT2D eigenvalue weighted by atomic mass is 10.2. The molecule has 0 radical (unpaired) electrons. The van der Waals surface area contributed by atoms with Crippen molar-refractivity contribution in [2.24, 2.45) is 0 Å². The lowest BCUT2D eigenvalue weighted by molar-refractivity contribution is -0.140. The quantitative estimate of drug-likeness (QED) is 0.332. The third-order valence-electron chi connectivity index (χ3n) is 1.38. The lowest BCUT2D eigenvalue weighted by Gasteiger charge is -2.00. The number of hydrogen-bond donors (Lipinski definition) is 0. The van der Waals surface area contributed by atoms with Gasteiger partial charge in [-0.3, -0.25) is 4.79 Å². The fraction of sp³-hybridized carbons (Fsp3) is 0.667. The maximum absolute atomic E-state index is 10.6. The molecule has 0 heterocycles. The highest BCUT2D eigenvalue weighted by atomic mass is 16.5. The highest BCUT2D eigenvalue weighted by Crippen LogP contribution is 1.97. The SMILES string of the molecule is C=CCOCCCCC(=O)OC. The Bertz CT molecular complexity index is 132. The van der Waals surface area contributed by atoms with Crippen LogP contribution in [0.1, 0.15) is 19.3 Å². The second-order valence-electron chi connectivity index (χ2n) is 2.40. The first kappa shape index (κ1) is 11.2. The molecule has 0 aromatic heterocycles. The van der Waals surface area contributed by atoms with Crippen molar-refractivity contribution in [3.05, 3.63) is 12.7 Å². The summed E-state index contributed by atoms with van der Waals surface area (Å²) in [6.07, 6.45) is 3.90. The van der Waals surface area contributed by atoms with E-state index in [4.69, 9.17) is 4.74 Å². The zero-order chi connectivity index (χ0) is 9.23. The van der Waals surface area contributed by atoms with Crippen LogP contribution in [-0.4, -0.2) is 26.3 Å². The molecular formula is C9H16O3. The van der Waals surface area contributed by atoms with Gasteiger partial charge in [0, 0.05) is 13.0 Å². The van der Waals surface area contributed by atoms with Crippen molar-refractivity contribution < 1.29 is 14.3 Å². The molecule has 0 aliphatic carbocycles. The molecule has 0 rings (SSSR count). The second kappa shape index (κ2) is 8.27. The summed E-state index contributed by atoms with van der Waals surface area (Å²) >= 11 is 0. The van der Waals surface area contributed by atoms with Crippen LogP contribution in [0.15, 0.2) is 12.7 Å². The minimum absolute atomic E-state index is 0.154. The van der Waals surface area contributed by atoms with Gasteiger partial charge in [0.2, 0.25) is 0 Å². The van der Waals surface area contributed by atoms with E-state index in [2.05, 4.69) is 11.3 Å². The van der Waals surface area contributed by atoms with Gasteiger partial charge < -0.3 is 9.47 Å². The highest BCUT2D eigenvalue weighted by molar-refractivity contribution is 5.68. The molecule has 0 aliphatic heterocycles. The van der Waals surface area contributed by atoms with E-state index < -0.39 is 0 Å². The maximum atomic E-state index is 10.6. The van der Waals surface area contributed by atoms with Gasteiger partial charge in [0.15, 0.2) is 0 Å². The second-order valence-corrected chi connectivity index (χ2v) is 2.40. The smallest absolute Gasteiger partial charge is 0.305 e. The monoisotopic (exact) mass is 172 g/mol. The van der Waals surface area contributed by atoms with E-state index in [9.17, 15) is 4.79 Å². The first-order valence-electron chi connectivity index (χ1n) is 4.06. The Hall–Kier alpha value is -0.830. The predicted molar refractivity (Wildman–Crippen MR) is 46.9 cm³/mol. The van der Waals surface area contributed by atoms with E-state index in [0.29, 0.717) is 19.6 Å². The van der Waals surface area contributed by atoms with E-state index in [1.807, 2.05) is 0 Å². The Morgan fingerprint density at radius 1 is 1.50 bits per heavy atom. The Labute approximate surface area is 73.4 Å². The van der Waals surface area contributed by atoms with Gasteiger partial charge in [0.05, 0.1) is 13.7 Å². The van der Waals surface area contributed by atoms with E-state index in [1.165, 1.54) is 7.11 Å².